The fraction of sp³-hybridized carbons (Fsp3) is 0.500. The van der Waals surface area contributed by atoms with Crippen LogP contribution in [0, 0.1) is 5.92 Å². The highest BCUT2D eigenvalue weighted by Gasteiger charge is 2.24. The van der Waals surface area contributed by atoms with Gasteiger partial charge in [0.05, 0.1) is 6.04 Å². The molecule has 1 aromatic heterocycles. The summed E-state index contributed by atoms with van der Waals surface area (Å²) in [6, 6.07) is 6.07. The Morgan fingerprint density at radius 3 is 3.07 bits per heavy atom. The molecule has 0 spiro atoms. The van der Waals surface area contributed by atoms with Crippen LogP contribution in [0.1, 0.15) is 26.0 Å². The molecule has 2 rings (SSSR count). The Labute approximate surface area is 90.2 Å². The number of nitrogens with zero attached hydrogens (tertiary/aromatic N) is 2. The quantitative estimate of drug-likeness (QED) is 0.757. The van der Waals surface area contributed by atoms with Crippen LogP contribution >= 0.6 is 0 Å². The van der Waals surface area contributed by atoms with Crippen molar-refractivity contribution in [1.82, 2.24) is 4.98 Å². The first-order valence-corrected chi connectivity index (χ1v) is 5.43. The first-order chi connectivity index (χ1) is 7.31. The molecule has 3 nitrogen and oxygen atoms in total. The fourth-order valence-electron chi connectivity index (χ4n) is 1.58. The van der Waals surface area contributed by atoms with Crippen molar-refractivity contribution in [3.05, 3.63) is 30.1 Å². The number of pyridine rings is 1. The molecule has 80 valence electrons. The Morgan fingerprint density at radius 1 is 1.53 bits per heavy atom. The SMILES string of the molecule is CC[C@@H](C)[C@H]1COC(c2ccccn2)=N1. The molecule has 15 heavy (non-hydrogen) atoms. The van der Waals surface area contributed by atoms with Gasteiger partial charge in [-0.25, -0.2) is 4.99 Å². The Morgan fingerprint density at radius 2 is 2.40 bits per heavy atom. The third kappa shape index (κ3) is 2.17. The van der Waals surface area contributed by atoms with Crippen LogP contribution in [0.5, 0.6) is 0 Å². The van der Waals surface area contributed by atoms with Crippen molar-refractivity contribution in [3.63, 3.8) is 0 Å². The molecule has 2 heterocycles. The number of aliphatic imine (C=N–C) groups is 1. The highest BCUT2D eigenvalue weighted by Crippen LogP contribution is 2.18. The van der Waals surface area contributed by atoms with E-state index in [0.29, 0.717) is 24.5 Å². The number of hydrogen-bond acceptors (Lipinski definition) is 3. The minimum atomic E-state index is 0.298. The summed E-state index contributed by atoms with van der Waals surface area (Å²) in [6.45, 7) is 5.08. The third-order valence-electron chi connectivity index (χ3n) is 2.86. The average molecular weight is 204 g/mol. The molecule has 0 unspecified atom stereocenters. The Bertz CT molecular complexity index is 348. The summed E-state index contributed by atoms with van der Waals surface area (Å²) in [6.07, 6.45) is 2.89. The van der Waals surface area contributed by atoms with E-state index < -0.39 is 0 Å². The second kappa shape index (κ2) is 4.43. The van der Waals surface area contributed by atoms with E-state index in [1.807, 2.05) is 18.2 Å². The van der Waals surface area contributed by atoms with E-state index >= 15 is 0 Å². The van der Waals surface area contributed by atoms with Gasteiger partial charge in [-0.1, -0.05) is 26.3 Å². The van der Waals surface area contributed by atoms with Crippen molar-refractivity contribution in [1.29, 1.82) is 0 Å². The smallest absolute Gasteiger partial charge is 0.235 e. The van der Waals surface area contributed by atoms with Gasteiger partial charge in [-0.3, -0.25) is 4.98 Å². The van der Waals surface area contributed by atoms with Gasteiger partial charge in [0.2, 0.25) is 5.90 Å². The Kier molecular flexibility index (Phi) is 2.99. The molecule has 0 N–H and O–H groups in total. The molecule has 0 aromatic carbocycles. The van der Waals surface area contributed by atoms with Gasteiger partial charge < -0.3 is 4.74 Å². The van der Waals surface area contributed by atoms with Gasteiger partial charge in [-0.15, -0.1) is 0 Å². The predicted molar refractivity (Wildman–Crippen MR) is 60.0 cm³/mol. The van der Waals surface area contributed by atoms with E-state index in [1.54, 1.807) is 6.20 Å². The van der Waals surface area contributed by atoms with Gasteiger partial charge in [0, 0.05) is 6.20 Å². The van der Waals surface area contributed by atoms with Crippen molar-refractivity contribution in [2.45, 2.75) is 26.3 Å². The predicted octanol–water partition coefficient (Wildman–Crippen LogP) is 2.27. The first-order valence-electron chi connectivity index (χ1n) is 5.43. The molecule has 0 radical (unpaired) electrons. The molecule has 1 aliphatic heterocycles. The topological polar surface area (TPSA) is 34.5 Å². The second-order valence-electron chi connectivity index (χ2n) is 3.91. The minimum Gasteiger partial charge on any atom is -0.474 e. The van der Waals surface area contributed by atoms with Crippen molar-refractivity contribution >= 4 is 5.90 Å². The van der Waals surface area contributed by atoms with Crippen LogP contribution in [-0.4, -0.2) is 23.5 Å². The van der Waals surface area contributed by atoms with Gasteiger partial charge in [0.1, 0.15) is 12.3 Å². The summed E-state index contributed by atoms with van der Waals surface area (Å²) in [5.74, 6) is 1.27. The van der Waals surface area contributed by atoms with Crippen LogP contribution in [0.4, 0.5) is 0 Å². The fourth-order valence-corrected chi connectivity index (χ4v) is 1.58. The standard InChI is InChI=1S/C12H16N2O/c1-3-9(2)11-8-15-12(14-11)10-6-4-5-7-13-10/h4-7,9,11H,3,8H2,1-2H3/t9-,11-/m1/s1. The maximum atomic E-state index is 5.56. The van der Waals surface area contributed by atoms with Crippen molar-refractivity contribution in [2.75, 3.05) is 6.61 Å². The summed E-state index contributed by atoms with van der Waals surface area (Å²) in [4.78, 5) is 8.79. The van der Waals surface area contributed by atoms with E-state index in [9.17, 15) is 0 Å². The lowest BCUT2D eigenvalue weighted by atomic mass is 10.0. The van der Waals surface area contributed by atoms with Crippen molar-refractivity contribution in [2.24, 2.45) is 10.9 Å². The van der Waals surface area contributed by atoms with Crippen molar-refractivity contribution < 1.29 is 4.74 Å². The molecular weight excluding hydrogens is 188 g/mol. The van der Waals surface area contributed by atoms with E-state index in [-0.39, 0.29) is 0 Å². The summed E-state index contributed by atoms with van der Waals surface area (Å²) < 4.78 is 5.56. The molecule has 0 bridgehead atoms. The minimum absolute atomic E-state index is 0.298. The van der Waals surface area contributed by atoms with E-state index in [1.165, 1.54) is 0 Å². The lowest BCUT2D eigenvalue weighted by Crippen LogP contribution is -2.16. The molecule has 0 aliphatic carbocycles. The summed E-state index contributed by atoms with van der Waals surface area (Å²) in [5, 5.41) is 0. The molecule has 0 saturated heterocycles. The zero-order valence-electron chi connectivity index (χ0n) is 9.18. The number of hydrogen-bond donors (Lipinski definition) is 0. The molecule has 1 aromatic rings. The van der Waals surface area contributed by atoms with Crippen LogP contribution in [0.25, 0.3) is 0 Å². The summed E-state index contributed by atoms with van der Waals surface area (Å²) in [7, 11) is 0. The first kappa shape index (κ1) is 10.1. The maximum Gasteiger partial charge on any atom is 0.235 e. The number of ether oxygens (including phenoxy) is 1. The van der Waals surface area contributed by atoms with Gasteiger partial charge >= 0.3 is 0 Å². The van der Waals surface area contributed by atoms with E-state index in [0.717, 1.165) is 12.1 Å². The molecule has 0 fully saturated rings. The molecule has 0 amide bonds. The summed E-state index contributed by atoms with van der Waals surface area (Å²) in [5.41, 5.74) is 0.836. The lowest BCUT2D eigenvalue weighted by Gasteiger charge is -2.11. The molecule has 0 saturated carbocycles. The van der Waals surface area contributed by atoms with Gasteiger partial charge in [-0.2, -0.15) is 0 Å². The van der Waals surface area contributed by atoms with E-state index in [4.69, 9.17) is 4.74 Å². The molecule has 3 heteroatoms. The van der Waals surface area contributed by atoms with Gasteiger partial charge in [0.25, 0.3) is 0 Å². The third-order valence-corrected chi connectivity index (χ3v) is 2.86. The highest BCUT2D eigenvalue weighted by atomic mass is 16.5. The second-order valence-corrected chi connectivity index (χ2v) is 3.91. The lowest BCUT2D eigenvalue weighted by molar-refractivity contribution is 0.282. The van der Waals surface area contributed by atoms with Crippen LogP contribution in [0.2, 0.25) is 0 Å². The Balaban J connectivity index is 2.13. The number of aromatic nitrogens is 1. The van der Waals surface area contributed by atoms with Gasteiger partial charge in [0.15, 0.2) is 0 Å². The summed E-state index contributed by atoms with van der Waals surface area (Å²) >= 11 is 0. The normalized spacial score (nSPS) is 22.0. The van der Waals surface area contributed by atoms with Crippen LogP contribution in [0.15, 0.2) is 29.4 Å². The number of rotatable bonds is 3. The average Bonchev–Trinajstić information content (AvgIpc) is 2.78. The zero-order chi connectivity index (χ0) is 10.7. The zero-order valence-corrected chi connectivity index (χ0v) is 9.18. The van der Waals surface area contributed by atoms with Crippen LogP contribution in [-0.2, 0) is 4.74 Å². The molecular formula is C12H16N2O. The van der Waals surface area contributed by atoms with Gasteiger partial charge in [-0.05, 0) is 18.1 Å². The Hall–Kier alpha value is -1.38. The van der Waals surface area contributed by atoms with E-state index in [2.05, 4.69) is 23.8 Å². The van der Waals surface area contributed by atoms with Crippen molar-refractivity contribution in [3.8, 4) is 0 Å². The maximum absolute atomic E-state index is 5.56. The molecule has 1 aliphatic rings. The largest absolute Gasteiger partial charge is 0.474 e. The van der Waals surface area contributed by atoms with Crippen LogP contribution < -0.4 is 0 Å². The highest BCUT2D eigenvalue weighted by molar-refractivity contribution is 5.93. The van der Waals surface area contributed by atoms with Crippen LogP contribution in [0.3, 0.4) is 0 Å². The monoisotopic (exact) mass is 204 g/mol. The molecule has 2 atom stereocenters.